The maximum Gasteiger partial charge on any atom is 0.243 e. The number of carbonyl (C=O) groups is 2. The SMILES string of the molecule is CC(=O)c1ccc(S(=O)(=O)N2CCC(C(=O)NC3CCCN(S(C)(=O)=O)C3)CC2)cc1. The van der Waals surface area contributed by atoms with Gasteiger partial charge in [0.25, 0.3) is 0 Å². The molecule has 2 saturated heterocycles. The first kappa shape index (κ1) is 23.8. The number of ketones is 1. The summed E-state index contributed by atoms with van der Waals surface area (Å²) < 4.78 is 52.0. The van der Waals surface area contributed by atoms with Crippen LogP contribution in [-0.4, -0.2) is 75.6 Å². The average molecular weight is 472 g/mol. The summed E-state index contributed by atoms with van der Waals surface area (Å²) in [5, 5.41) is 2.95. The lowest BCUT2D eigenvalue weighted by atomic mass is 9.96. The van der Waals surface area contributed by atoms with Crippen molar-refractivity contribution in [1.82, 2.24) is 13.9 Å². The van der Waals surface area contributed by atoms with Crippen molar-refractivity contribution in [2.75, 3.05) is 32.4 Å². The van der Waals surface area contributed by atoms with Gasteiger partial charge in [-0.2, -0.15) is 4.31 Å². The third kappa shape index (κ3) is 5.71. The molecule has 0 spiro atoms. The Morgan fingerprint density at radius 3 is 2.10 bits per heavy atom. The highest BCUT2D eigenvalue weighted by molar-refractivity contribution is 7.89. The largest absolute Gasteiger partial charge is 0.352 e. The number of piperidine rings is 2. The maximum atomic E-state index is 12.9. The third-order valence-corrected chi connectivity index (χ3v) is 9.11. The molecule has 0 saturated carbocycles. The van der Waals surface area contributed by atoms with Crippen LogP contribution in [0, 0.1) is 5.92 Å². The number of amides is 1. The van der Waals surface area contributed by atoms with E-state index in [1.807, 2.05) is 0 Å². The van der Waals surface area contributed by atoms with E-state index in [0.29, 0.717) is 31.4 Å². The molecule has 1 unspecified atom stereocenters. The zero-order chi connectivity index (χ0) is 22.8. The second-order valence-electron chi connectivity index (χ2n) is 8.23. The van der Waals surface area contributed by atoms with E-state index >= 15 is 0 Å². The second-order valence-corrected chi connectivity index (χ2v) is 12.1. The molecule has 31 heavy (non-hydrogen) atoms. The molecule has 9 nitrogen and oxygen atoms in total. The van der Waals surface area contributed by atoms with Crippen molar-refractivity contribution in [2.45, 2.75) is 43.5 Å². The number of hydrogen-bond acceptors (Lipinski definition) is 6. The lowest BCUT2D eigenvalue weighted by Crippen LogP contribution is -2.51. The molecule has 0 aliphatic carbocycles. The molecule has 2 fully saturated rings. The number of Topliss-reactive ketones (excluding diaryl/α,β-unsaturated/α-hetero) is 1. The normalized spacial score (nSPS) is 22.2. The molecular weight excluding hydrogens is 442 g/mol. The van der Waals surface area contributed by atoms with E-state index in [0.717, 1.165) is 6.42 Å². The number of rotatable bonds is 6. The van der Waals surface area contributed by atoms with Gasteiger partial charge in [-0.15, -0.1) is 0 Å². The highest BCUT2D eigenvalue weighted by Crippen LogP contribution is 2.25. The maximum absolute atomic E-state index is 12.9. The predicted molar refractivity (Wildman–Crippen MR) is 116 cm³/mol. The Kier molecular flexibility index (Phi) is 7.19. The van der Waals surface area contributed by atoms with Crippen molar-refractivity contribution in [2.24, 2.45) is 5.92 Å². The number of nitrogens with zero attached hydrogens (tertiary/aromatic N) is 2. The minimum Gasteiger partial charge on any atom is -0.352 e. The molecule has 172 valence electrons. The Balaban J connectivity index is 1.56. The molecule has 11 heteroatoms. The van der Waals surface area contributed by atoms with Crippen LogP contribution < -0.4 is 5.32 Å². The second kappa shape index (κ2) is 9.35. The highest BCUT2D eigenvalue weighted by atomic mass is 32.2. The van der Waals surface area contributed by atoms with E-state index in [4.69, 9.17) is 0 Å². The Morgan fingerprint density at radius 2 is 1.55 bits per heavy atom. The monoisotopic (exact) mass is 471 g/mol. The van der Waals surface area contributed by atoms with Crippen LogP contribution in [0.2, 0.25) is 0 Å². The quantitative estimate of drug-likeness (QED) is 0.614. The van der Waals surface area contributed by atoms with E-state index < -0.39 is 20.0 Å². The lowest BCUT2D eigenvalue weighted by Gasteiger charge is -2.34. The molecule has 1 aromatic rings. The first-order chi connectivity index (χ1) is 14.5. The summed E-state index contributed by atoms with van der Waals surface area (Å²) in [5.41, 5.74) is 0.450. The van der Waals surface area contributed by atoms with Crippen LogP contribution in [-0.2, 0) is 24.8 Å². The van der Waals surface area contributed by atoms with Crippen molar-refractivity contribution >= 4 is 31.7 Å². The van der Waals surface area contributed by atoms with Gasteiger partial charge in [-0.25, -0.2) is 21.1 Å². The van der Waals surface area contributed by atoms with Gasteiger partial charge in [-0.1, -0.05) is 12.1 Å². The van der Waals surface area contributed by atoms with Crippen molar-refractivity contribution < 1.29 is 26.4 Å². The minimum atomic E-state index is -3.69. The van der Waals surface area contributed by atoms with E-state index in [9.17, 15) is 26.4 Å². The summed E-state index contributed by atoms with van der Waals surface area (Å²) >= 11 is 0. The topological polar surface area (TPSA) is 121 Å². The number of hydrogen-bond donors (Lipinski definition) is 1. The van der Waals surface area contributed by atoms with E-state index in [1.165, 1.54) is 46.1 Å². The molecule has 0 bridgehead atoms. The van der Waals surface area contributed by atoms with Gasteiger partial charge in [0.05, 0.1) is 11.2 Å². The van der Waals surface area contributed by atoms with Crippen LogP contribution in [0.4, 0.5) is 0 Å². The van der Waals surface area contributed by atoms with Crippen LogP contribution in [0.1, 0.15) is 43.0 Å². The fourth-order valence-electron chi connectivity index (χ4n) is 4.05. The van der Waals surface area contributed by atoms with E-state index in [-0.39, 0.29) is 48.2 Å². The molecular formula is C20H29N3O6S2. The van der Waals surface area contributed by atoms with Crippen LogP contribution in [0.3, 0.4) is 0 Å². The van der Waals surface area contributed by atoms with Gasteiger partial charge in [0, 0.05) is 43.7 Å². The number of sulfonamides is 2. The van der Waals surface area contributed by atoms with Crippen molar-refractivity contribution in [1.29, 1.82) is 0 Å². The molecule has 2 heterocycles. The molecule has 1 amide bonds. The fraction of sp³-hybridized carbons (Fsp3) is 0.600. The van der Waals surface area contributed by atoms with Crippen molar-refractivity contribution in [3.63, 3.8) is 0 Å². The number of benzene rings is 1. The van der Waals surface area contributed by atoms with Gasteiger partial charge in [0.2, 0.25) is 26.0 Å². The molecule has 2 aliphatic rings. The zero-order valence-corrected chi connectivity index (χ0v) is 19.4. The summed E-state index contributed by atoms with van der Waals surface area (Å²) in [6, 6.07) is 5.64. The predicted octanol–water partition coefficient (Wildman–Crippen LogP) is 0.830. The zero-order valence-electron chi connectivity index (χ0n) is 17.8. The molecule has 1 atom stereocenters. The Labute approximate surface area is 183 Å². The number of carbonyl (C=O) groups excluding carboxylic acids is 2. The van der Waals surface area contributed by atoms with Gasteiger partial charge in [0.1, 0.15) is 0 Å². The summed E-state index contributed by atoms with van der Waals surface area (Å²) in [5.74, 6) is -0.586. The molecule has 0 radical (unpaired) electrons. The van der Waals surface area contributed by atoms with Gasteiger partial charge in [-0.05, 0) is 44.7 Å². The van der Waals surface area contributed by atoms with E-state index in [2.05, 4.69) is 5.32 Å². The van der Waals surface area contributed by atoms with Gasteiger partial charge < -0.3 is 5.32 Å². The minimum absolute atomic E-state index is 0.128. The van der Waals surface area contributed by atoms with Crippen LogP contribution in [0.5, 0.6) is 0 Å². The van der Waals surface area contributed by atoms with Gasteiger partial charge in [-0.3, -0.25) is 9.59 Å². The summed E-state index contributed by atoms with van der Waals surface area (Å²) in [6.07, 6.45) is 3.39. The van der Waals surface area contributed by atoms with Crippen LogP contribution in [0.15, 0.2) is 29.2 Å². The first-order valence-corrected chi connectivity index (χ1v) is 13.6. The molecule has 1 N–H and O–H groups in total. The highest BCUT2D eigenvalue weighted by Gasteiger charge is 2.34. The van der Waals surface area contributed by atoms with Crippen LogP contribution >= 0.6 is 0 Å². The smallest absolute Gasteiger partial charge is 0.243 e. The van der Waals surface area contributed by atoms with Gasteiger partial charge >= 0.3 is 0 Å². The molecule has 1 aromatic carbocycles. The summed E-state index contributed by atoms with van der Waals surface area (Å²) in [6.45, 7) is 2.62. The fourth-order valence-corrected chi connectivity index (χ4v) is 6.43. The molecule has 2 aliphatic heterocycles. The summed E-state index contributed by atoms with van der Waals surface area (Å²) in [4.78, 5) is 24.2. The van der Waals surface area contributed by atoms with Crippen LogP contribution in [0.25, 0.3) is 0 Å². The number of nitrogens with one attached hydrogen (secondary N) is 1. The Bertz CT molecular complexity index is 1030. The summed E-state index contributed by atoms with van der Waals surface area (Å²) in [7, 11) is -6.97. The average Bonchev–Trinajstić information content (AvgIpc) is 2.73. The Hall–Kier alpha value is -1.82. The van der Waals surface area contributed by atoms with E-state index in [1.54, 1.807) is 0 Å². The van der Waals surface area contributed by atoms with Gasteiger partial charge in [0.15, 0.2) is 5.78 Å². The Morgan fingerprint density at radius 1 is 0.935 bits per heavy atom. The lowest BCUT2D eigenvalue weighted by molar-refractivity contribution is -0.127. The third-order valence-electron chi connectivity index (χ3n) is 5.92. The van der Waals surface area contributed by atoms with Crippen molar-refractivity contribution in [3.05, 3.63) is 29.8 Å². The molecule has 0 aromatic heterocycles. The molecule has 3 rings (SSSR count). The van der Waals surface area contributed by atoms with Crippen molar-refractivity contribution in [3.8, 4) is 0 Å². The standard InChI is InChI=1S/C20H29N3O6S2/c1-15(24)16-5-7-19(8-6-16)31(28,29)22-12-9-17(10-13-22)20(25)21-18-4-3-11-23(14-18)30(2,26)27/h5-8,17-18H,3-4,9-14H2,1-2H3,(H,21,25). The first-order valence-electron chi connectivity index (χ1n) is 10.3.